The summed E-state index contributed by atoms with van der Waals surface area (Å²) in [6.07, 6.45) is 2.29. The standard InChI is InChI=1S/C27H27BrClN3O5/c1-4-11-36-24-9-6-18(13-25(24)35-3)27(34)32-30-15-19-12-20(28)7-10-23(19)37-16-26(33)31-21-8-5-17(2)22(29)14-21/h5-10,12-15H,4,11,16H2,1-3H3,(H,31,33)(H,32,34)/b30-15+. The molecule has 2 amide bonds. The van der Waals surface area contributed by atoms with Gasteiger partial charge in [-0.15, -0.1) is 0 Å². The van der Waals surface area contributed by atoms with Gasteiger partial charge in [-0.05, 0) is 67.4 Å². The second-order valence-electron chi connectivity index (χ2n) is 7.90. The Labute approximate surface area is 229 Å². The second-order valence-corrected chi connectivity index (χ2v) is 9.22. The van der Waals surface area contributed by atoms with Gasteiger partial charge in [-0.2, -0.15) is 5.10 Å². The van der Waals surface area contributed by atoms with E-state index in [1.54, 1.807) is 48.5 Å². The number of nitrogens with one attached hydrogen (secondary N) is 2. The first kappa shape index (κ1) is 28.0. The third-order valence-electron chi connectivity index (χ3n) is 5.04. The molecule has 3 aromatic carbocycles. The predicted molar refractivity (Wildman–Crippen MR) is 148 cm³/mol. The lowest BCUT2D eigenvalue weighted by Crippen LogP contribution is -2.20. The van der Waals surface area contributed by atoms with Crippen LogP contribution < -0.4 is 25.0 Å². The number of ether oxygens (including phenoxy) is 3. The number of rotatable bonds is 11. The fourth-order valence-electron chi connectivity index (χ4n) is 3.13. The van der Waals surface area contributed by atoms with Crippen LogP contribution in [-0.2, 0) is 4.79 Å². The van der Waals surface area contributed by atoms with Crippen molar-refractivity contribution in [2.75, 3.05) is 25.6 Å². The van der Waals surface area contributed by atoms with Crippen LogP contribution in [0.5, 0.6) is 17.2 Å². The van der Waals surface area contributed by atoms with Crippen molar-refractivity contribution in [3.05, 3.63) is 80.8 Å². The van der Waals surface area contributed by atoms with Crippen molar-refractivity contribution in [1.82, 2.24) is 5.43 Å². The smallest absolute Gasteiger partial charge is 0.271 e. The van der Waals surface area contributed by atoms with Crippen molar-refractivity contribution < 1.29 is 23.8 Å². The van der Waals surface area contributed by atoms with E-state index in [2.05, 4.69) is 31.8 Å². The molecule has 0 aromatic heterocycles. The third-order valence-corrected chi connectivity index (χ3v) is 5.94. The molecule has 0 saturated carbocycles. The molecule has 3 rings (SSSR count). The highest BCUT2D eigenvalue weighted by Gasteiger charge is 2.12. The van der Waals surface area contributed by atoms with Crippen molar-refractivity contribution in [2.45, 2.75) is 20.3 Å². The highest BCUT2D eigenvalue weighted by molar-refractivity contribution is 9.10. The zero-order valence-corrected chi connectivity index (χ0v) is 23.0. The fraction of sp³-hybridized carbons (Fsp3) is 0.222. The molecular weight excluding hydrogens is 562 g/mol. The molecule has 194 valence electrons. The number of halogens is 2. The molecule has 0 aliphatic heterocycles. The van der Waals surface area contributed by atoms with E-state index < -0.39 is 5.91 Å². The van der Waals surface area contributed by atoms with Crippen LogP contribution in [-0.4, -0.2) is 38.4 Å². The molecule has 0 bridgehead atoms. The normalized spacial score (nSPS) is 10.7. The minimum absolute atomic E-state index is 0.230. The number of carbonyl (C=O) groups is 2. The average molecular weight is 589 g/mol. The van der Waals surface area contributed by atoms with Gasteiger partial charge in [-0.3, -0.25) is 9.59 Å². The van der Waals surface area contributed by atoms with Gasteiger partial charge in [-0.1, -0.05) is 40.5 Å². The van der Waals surface area contributed by atoms with E-state index in [1.165, 1.54) is 13.3 Å². The van der Waals surface area contributed by atoms with Crippen molar-refractivity contribution >= 4 is 51.2 Å². The summed E-state index contributed by atoms with van der Waals surface area (Å²) in [5, 5.41) is 7.35. The van der Waals surface area contributed by atoms with E-state index in [0.29, 0.717) is 45.7 Å². The first-order chi connectivity index (χ1) is 17.8. The summed E-state index contributed by atoms with van der Waals surface area (Å²) in [4.78, 5) is 24.9. The Balaban J connectivity index is 1.63. The van der Waals surface area contributed by atoms with E-state index >= 15 is 0 Å². The number of aryl methyl sites for hydroxylation is 1. The van der Waals surface area contributed by atoms with Crippen LogP contribution >= 0.6 is 27.5 Å². The molecule has 10 heteroatoms. The van der Waals surface area contributed by atoms with Crippen LogP contribution in [0.2, 0.25) is 5.02 Å². The molecule has 3 aromatic rings. The summed E-state index contributed by atoms with van der Waals surface area (Å²) in [6.45, 7) is 4.20. The van der Waals surface area contributed by atoms with Crippen LogP contribution in [0.3, 0.4) is 0 Å². The molecule has 8 nitrogen and oxygen atoms in total. The Morgan fingerprint density at radius 3 is 2.54 bits per heavy atom. The lowest BCUT2D eigenvalue weighted by atomic mass is 10.2. The third kappa shape index (κ3) is 8.23. The molecule has 0 fully saturated rings. The summed E-state index contributed by atoms with van der Waals surface area (Å²) in [7, 11) is 1.51. The average Bonchev–Trinajstić information content (AvgIpc) is 2.89. The summed E-state index contributed by atoms with van der Waals surface area (Å²) >= 11 is 9.52. The largest absolute Gasteiger partial charge is 0.493 e. The van der Waals surface area contributed by atoms with E-state index in [9.17, 15) is 9.59 Å². The Morgan fingerprint density at radius 2 is 1.81 bits per heavy atom. The number of carbonyl (C=O) groups excluding carboxylic acids is 2. The molecule has 0 unspecified atom stereocenters. The van der Waals surface area contributed by atoms with E-state index in [1.807, 2.05) is 19.9 Å². The Morgan fingerprint density at radius 1 is 1.03 bits per heavy atom. The topological polar surface area (TPSA) is 98.3 Å². The lowest BCUT2D eigenvalue weighted by Gasteiger charge is -2.11. The first-order valence-corrected chi connectivity index (χ1v) is 12.6. The lowest BCUT2D eigenvalue weighted by molar-refractivity contribution is -0.118. The molecule has 0 spiro atoms. The Kier molecular flexibility index (Phi) is 10.3. The molecule has 0 aliphatic carbocycles. The summed E-state index contributed by atoms with van der Waals surface area (Å²) in [5.41, 5.74) is 4.89. The molecule has 0 aliphatic rings. The number of hydrogen-bond acceptors (Lipinski definition) is 6. The molecular formula is C27H27BrClN3O5. The zero-order chi connectivity index (χ0) is 26.8. The first-order valence-electron chi connectivity index (χ1n) is 11.4. The van der Waals surface area contributed by atoms with Crippen LogP contribution in [0.15, 0.2) is 64.2 Å². The summed E-state index contributed by atoms with van der Waals surface area (Å²) in [6, 6.07) is 15.4. The number of benzene rings is 3. The Bertz CT molecular complexity index is 1300. The number of hydrazone groups is 1. The van der Waals surface area contributed by atoms with Crippen molar-refractivity contribution in [2.24, 2.45) is 5.10 Å². The molecule has 0 radical (unpaired) electrons. The number of amides is 2. The van der Waals surface area contributed by atoms with Crippen molar-refractivity contribution in [3.8, 4) is 17.2 Å². The van der Waals surface area contributed by atoms with E-state index in [4.69, 9.17) is 25.8 Å². The SMILES string of the molecule is CCCOc1ccc(C(=O)N/N=C/c2cc(Br)ccc2OCC(=O)Nc2ccc(C)c(Cl)c2)cc1OC. The monoisotopic (exact) mass is 587 g/mol. The van der Waals surface area contributed by atoms with Crippen molar-refractivity contribution in [3.63, 3.8) is 0 Å². The van der Waals surface area contributed by atoms with E-state index in [0.717, 1.165) is 16.5 Å². The van der Waals surface area contributed by atoms with Gasteiger partial charge in [0.2, 0.25) is 0 Å². The second kappa shape index (κ2) is 13.7. The fourth-order valence-corrected chi connectivity index (χ4v) is 3.69. The van der Waals surface area contributed by atoms with Crippen LogP contribution in [0.4, 0.5) is 5.69 Å². The summed E-state index contributed by atoms with van der Waals surface area (Å²) in [5.74, 6) is 0.663. The molecule has 0 heterocycles. The number of anilines is 1. The van der Waals surface area contributed by atoms with Gasteiger partial charge in [-0.25, -0.2) is 5.43 Å². The molecule has 37 heavy (non-hydrogen) atoms. The maximum Gasteiger partial charge on any atom is 0.271 e. The van der Waals surface area contributed by atoms with E-state index in [-0.39, 0.29) is 12.5 Å². The molecule has 2 N–H and O–H groups in total. The molecule has 0 atom stereocenters. The van der Waals surface area contributed by atoms with Gasteiger partial charge in [0.1, 0.15) is 5.75 Å². The van der Waals surface area contributed by atoms with Gasteiger partial charge < -0.3 is 19.5 Å². The number of methoxy groups -OCH3 is 1. The molecule has 0 saturated heterocycles. The van der Waals surface area contributed by atoms with Gasteiger partial charge in [0.25, 0.3) is 11.8 Å². The Hall–Kier alpha value is -3.56. The maximum atomic E-state index is 12.6. The number of hydrogen-bond donors (Lipinski definition) is 2. The maximum absolute atomic E-state index is 12.6. The van der Waals surface area contributed by atoms with Gasteiger partial charge in [0.15, 0.2) is 18.1 Å². The highest BCUT2D eigenvalue weighted by atomic mass is 79.9. The number of nitrogens with zero attached hydrogens (tertiary/aromatic N) is 1. The highest BCUT2D eigenvalue weighted by Crippen LogP contribution is 2.28. The minimum Gasteiger partial charge on any atom is -0.493 e. The quantitative estimate of drug-likeness (QED) is 0.212. The van der Waals surface area contributed by atoms with Crippen LogP contribution in [0.25, 0.3) is 0 Å². The summed E-state index contributed by atoms with van der Waals surface area (Å²) < 4.78 is 17.4. The van der Waals surface area contributed by atoms with Gasteiger partial charge in [0, 0.05) is 26.3 Å². The minimum atomic E-state index is -0.426. The van der Waals surface area contributed by atoms with Gasteiger partial charge in [0.05, 0.1) is 19.9 Å². The van der Waals surface area contributed by atoms with Crippen LogP contribution in [0, 0.1) is 6.92 Å². The van der Waals surface area contributed by atoms with Crippen LogP contribution in [0.1, 0.15) is 34.8 Å². The zero-order valence-electron chi connectivity index (χ0n) is 20.6. The predicted octanol–water partition coefficient (Wildman–Crippen LogP) is 5.99. The van der Waals surface area contributed by atoms with Gasteiger partial charge >= 0.3 is 0 Å². The van der Waals surface area contributed by atoms with Crippen molar-refractivity contribution in [1.29, 1.82) is 0 Å².